The van der Waals surface area contributed by atoms with Crippen molar-refractivity contribution in [2.45, 2.75) is 20.3 Å². The third kappa shape index (κ3) is 1.90. The number of pyridine rings is 1. The molecule has 0 bridgehead atoms. The number of hydrogen-bond donors (Lipinski definition) is 0. The molecule has 1 rings (SSSR count). The lowest BCUT2D eigenvalue weighted by Gasteiger charge is -2.01. The van der Waals surface area contributed by atoms with Gasteiger partial charge in [-0.25, -0.2) is 0 Å². The van der Waals surface area contributed by atoms with Crippen molar-refractivity contribution in [3.63, 3.8) is 0 Å². The van der Waals surface area contributed by atoms with Crippen LogP contribution in [-0.4, -0.2) is 4.98 Å². The first kappa shape index (κ1) is 7.99. The van der Waals surface area contributed by atoms with E-state index in [2.05, 4.69) is 17.6 Å². The average Bonchev–Trinajstić information content (AvgIpc) is 1.95. The van der Waals surface area contributed by atoms with Crippen molar-refractivity contribution in [1.82, 2.24) is 4.98 Å². The van der Waals surface area contributed by atoms with E-state index in [0.717, 1.165) is 17.8 Å². The molecule has 0 atom stereocenters. The maximum Gasteiger partial charge on any atom is 0.0410 e. The largest absolute Gasteiger partial charge is 0.258 e. The van der Waals surface area contributed by atoms with Crippen LogP contribution in [0.1, 0.15) is 17.0 Å². The lowest BCUT2D eigenvalue weighted by Crippen LogP contribution is -1.92. The molecule has 1 aromatic rings. The topological polar surface area (TPSA) is 12.9 Å². The molecule has 0 amide bonds. The van der Waals surface area contributed by atoms with Crippen LogP contribution in [0.5, 0.6) is 0 Å². The van der Waals surface area contributed by atoms with Gasteiger partial charge in [0.25, 0.3) is 0 Å². The predicted molar refractivity (Wildman–Crippen MR) is 47.6 cm³/mol. The Morgan fingerprint density at radius 2 is 2.18 bits per heavy atom. The van der Waals surface area contributed by atoms with Crippen LogP contribution in [0.2, 0.25) is 0 Å². The zero-order valence-corrected chi connectivity index (χ0v) is 7.09. The second-order valence-electron chi connectivity index (χ2n) is 2.69. The normalized spacial score (nSPS) is 9.64. The lowest BCUT2D eigenvalue weighted by atomic mass is 10.1. The summed E-state index contributed by atoms with van der Waals surface area (Å²) in [6.45, 7) is 7.73. The van der Waals surface area contributed by atoms with Crippen LogP contribution < -0.4 is 0 Å². The van der Waals surface area contributed by atoms with Gasteiger partial charge in [0, 0.05) is 11.4 Å². The Morgan fingerprint density at radius 1 is 1.45 bits per heavy atom. The molecule has 0 fully saturated rings. The van der Waals surface area contributed by atoms with Gasteiger partial charge >= 0.3 is 0 Å². The maximum absolute atomic E-state index is 4.34. The molecule has 58 valence electrons. The standard InChI is InChI=1S/C10H13N/c1-4-5-10-7-6-8(2)11-9(10)3/h4,6-7H,1,5H2,2-3H3. The van der Waals surface area contributed by atoms with Gasteiger partial charge in [-0.1, -0.05) is 12.1 Å². The van der Waals surface area contributed by atoms with Crippen molar-refractivity contribution >= 4 is 0 Å². The molecule has 0 aromatic carbocycles. The smallest absolute Gasteiger partial charge is 0.0410 e. The quantitative estimate of drug-likeness (QED) is 0.585. The molecule has 0 N–H and O–H groups in total. The molecule has 1 heteroatoms. The molecule has 0 saturated carbocycles. The second kappa shape index (κ2) is 3.33. The molecule has 0 aliphatic heterocycles. The second-order valence-corrected chi connectivity index (χ2v) is 2.69. The van der Waals surface area contributed by atoms with Crippen molar-refractivity contribution in [3.8, 4) is 0 Å². The third-order valence-corrected chi connectivity index (χ3v) is 1.70. The highest BCUT2D eigenvalue weighted by Gasteiger charge is 1.95. The van der Waals surface area contributed by atoms with E-state index in [1.54, 1.807) is 0 Å². The van der Waals surface area contributed by atoms with Crippen molar-refractivity contribution in [1.29, 1.82) is 0 Å². The Bertz CT molecular complexity index is 264. The summed E-state index contributed by atoms with van der Waals surface area (Å²) in [5.74, 6) is 0. The van der Waals surface area contributed by atoms with Gasteiger partial charge in [0.15, 0.2) is 0 Å². The Labute approximate surface area is 67.8 Å². The molecular formula is C10H13N. The minimum Gasteiger partial charge on any atom is -0.258 e. The summed E-state index contributed by atoms with van der Waals surface area (Å²) in [5.41, 5.74) is 3.46. The number of hydrogen-bond acceptors (Lipinski definition) is 1. The van der Waals surface area contributed by atoms with Gasteiger partial charge in [0.05, 0.1) is 0 Å². The molecule has 0 unspecified atom stereocenters. The molecular weight excluding hydrogens is 134 g/mol. The van der Waals surface area contributed by atoms with Gasteiger partial charge in [0.1, 0.15) is 0 Å². The Hall–Kier alpha value is -1.11. The van der Waals surface area contributed by atoms with Gasteiger partial charge in [-0.2, -0.15) is 0 Å². The minimum absolute atomic E-state index is 0.916. The zero-order chi connectivity index (χ0) is 8.27. The van der Waals surface area contributed by atoms with Gasteiger partial charge in [-0.05, 0) is 31.9 Å². The fraction of sp³-hybridized carbons (Fsp3) is 0.300. The summed E-state index contributed by atoms with van der Waals surface area (Å²) in [6.07, 6.45) is 2.82. The van der Waals surface area contributed by atoms with Crippen molar-refractivity contribution < 1.29 is 0 Å². The van der Waals surface area contributed by atoms with E-state index >= 15 is 0 Å². The number of aromatic nitrogens is 1. The molecule has 0 radical (unpaired) electrons. The van der Waals surface area contributed by atoms with Crippen molar-refractivity contribution in [2.24, 2.45) is 0 Å². The van der Waals surface area contributed by atoms with E-state index < -0.39 is 0 Å². The zero-order valence-electron chi connectivity index (χ0n) is 7.09. The SMILES string of the molecule is C=CCc1ccc(C)nc1C. The highest BCUT2D eigenvalue weighted by molar-refractivity contribution is 5.23. The van der Waals surface area contributed by atoms with E-state index in [1.807, 2.05) is 26.0 Å². The Kier molecular flexibility index (Phi) is 2.42. The van der Waals surface area contributed by atoms with Crippen LogP contribution >= 0.6 is 0 Å². The Balaban J connectivity index is 2.98. The molecule has 1 heterocycles. The van der Waals surface area contributed by atoms with Crippen molar-refractivity contribution in [3.05, 3.63) is 41.7 Å². The molecule has 0 aliphatic rings. The minimum atomic E-state index is 0.916. The van der Waals surface area contributed by atoms with Crippen LogP contribution in [0, 0.1) is 13.8 Å². The highest BCUT2D eigenvalue weighted by atomic mass is 14.7. The summed E-state index contributed by atoms with van der Waals surface area (Å²) in [6, 6.07) is 4.14. The number of aryl methyl sites for hydroxylation is 2. The van der Waals surface area contributed by atoms with E-state index in [1.165, 1.54) is 5.56 Å². The van der Waals surface area contributed by atoms with Crippen LogP contribution in [0.15, 0.2) is 24.8 Å². The average molecular weight is 147 g/mol. The first-order valence-electron chi connectivity index (χ1n) is 3.78. The summed E-state index contributed by atoms with van der Waals surface area (Å²) >= 11 is 0. The predicted octanol–water partition coefficient (Wildman–Crippen LogP) is 2.43. The van der Waals surface area contributed by atoms with E-state index in [9.17, 15) is 0 Å². The number of nitrogens with zero attached hydrogens (tertiary/aromatic N) is 1. The van der Waals surface area contributed by atoms with E-state index in [4.69, 9.17) is 0 Å². The molecule has 1 nitrogen and oxygen atoms in total. The van der Waals surface area contributed by atoms with Crippen LogP contribution in [0.25, 0.3) is 0 Å². The van der Waals surface area contributed by atoms with E-state index in [0.29, 0.717) is 0 Å². The van der Waals surface area contributed by atoms with Crippen LogP contribution in [-0.2, 0) is 6.42 Å². The molecule has 0 aliphatic carbocycles. The van der Waals surface area contributed by atoms with Crippen LogP contribution in [0.3, 0.4) is 0 Å². The van der Waals surface area contributed by atoms with Gasteiger partial charge in [0.2, 0.25) is 0 Å². The van der Waals surface area contributed by atoms with Gasteiger partial charge < -0.3 is 0 Å². The first-order valence-corrected chi connectivity index (χ1v) is 3.78. The van der Waals surface area contributed by atoms with Crippen LogP contribution in [0.4, 0.5) is 0 Å². The monoisotopic (exact) mass is 147 g/mol. The summed E-state index contributed by atoms with van der Waals surface area (Å²) in [5, 5.41) is 0. The summed E-state index contributed by atoms with van der Waals surface area (Å²) in [4.78, 5) is 4.34. The maximum atomic E-state index is 4.34. The number of rotatable bonds is 2. The fourth-order valence-electron chi connectivity index (χ4n) is 1.09. The van der Waals surface area contributed by atoms with E-state index in [-0.39, 0.29) is 0 Å². The summed E-state index contributed by atoms with van der Waals surface area (Å²) in [7, 11) is 0. The number of allylic oxidation sites excluding steroid dienone is 1. The lowest BCUT2D eigenvalue weighted by molar-refractivity contribution is 1.06. The Morgan fingerprint density at radius 3 is 2.73 bits per heavy atom. The van der Waals surface area contributed by atoms with Gasteiger partial charge in [-0.15, -0.1) is 6.58 Å². The third-order valence-electron chi connectivity index (χ3n) is 1.70. The highest BCUT2D eigenvalue weighted by Crippen LogP contribution is 2.06. The fourth-order valence-corrected chi connectivity index (χ4v) is 1.09. The molecule has 1 aromatic heterocycles. The molecule has 0 spiro atoms. The molecule has 0 saturated heterocycles. The van der Waals surface area contributed by atoms with Gasteiger partial charge in [-0.3, -0.25) is 4.98 Å². The first-order chi connectivity index (χ1) is 5.24. The van der Waals surface area contributed by atoms with Crippen molar-refractivity contribution in [2.75, 3.05) is 0 Å². The molecule has 11 heavy (non-hydrogen) atoms. The summed E-state index contributed by atoms with van der Waals surface area (Å²) < 4.78 is 0.